The Kier molecular flexibility index (Phi) is 5.40. The summed E-state index contributed by atoms with van der Waals surface area (Å²) in [5.74, 6) is -0.0921. The van der Waals surface area contributed by atoms with Crippen molar-refractivity contribution in [3.63, 3.8) is 0 Å². The Morgan fingerprint density at radius 2 is 2.32 bits per heavy atom. The highest BCUT2D eigenvalue weighted by Gasteiger charge is 2.28. The Morgan fingerprint density at radius 1 is 1.48 bits per heavy atom. The highest BCUT2D eigenvalue weighted by atomic mass is 32.1. The van der Waals surface area contributed by atoms with Crippen LogP contribution in [0.25, 0.3) is 10.2 Å². The van der Waals surface area contributed by atoms with Gasteiger partial charge in [-0.2, -0.15) is 13.2 Å². The molecule has 0 saturated carbocycles. The van der Waals surface area contributed by atoms with Gasteiger partial charge in [-0.05, 0) is 18.2 Å². The fourth-order valence-corrected chi connectivity index (χ4v) is 3.27. The molecule has 25 heavy (non-hydrogen) atoms. The Bertz CT molecular complexity index is 744. The SMILES string of the molecule is O=C(CC1COCCN1)Nc1nc2ccc(OCC(F)(F)F)cc2s1. The molecule has 1 aliphatic rings. The summed E-state index contributed by atoms with van der Waals surface area (Å²) < 4.78 is 47.2. The van der Waals surface area contributed by atoms with Crippen LogP contribution in [0.15, 0.2) is 18.2 Å². The smallest absolute Gasteiger partial charge is 0.422 e. The summed E-state index contributed by atoms with van der Waals surface area (Å²) in [5.41, 5.74) is 0.582. The fraction of sp³-hybridized carbons (Fsp3) is 0.467. The third-order valence-corrected chi connectivity index (χ3v) is 4.37. The van der Waals surface area contributed by atoms with Gasteiger partial charge in [0.1, 0.15) is 5.75 Å². The van der Waals surface area contributed by atoms with E-state index in [-0.39, 0.29) is 24.1 Å². The number of anilines is 1. The van der Waals surface area contributed by atoms with Gasteiger partial charge in [0.25, 0.3) is 0 Å². The van der Waals surface area contributed by atoms with E-state index >= 15 is 0 Å². The molecule has 136 valence electrons. The molecule has 1 unspecified atom stereocenters. The van der Waals surface area contributed by atoms with Gasteiger partial charge in [0.05, 0.1) is 23.4 Å². The van der Waals surface area contributed by atoms with E-state index < -0.39 is 12.8 Å². The molecule has 0 bridgehead atoms. The highest BCUT2D eigenvalue weighted by Crippen LogP contribution is 2.30. The molecule has 6 nitrogen and oxygen atoms in total. The molecule has 2 heterocycles. The molecule has 1 aliphatic heterocycles. The van der Waals surface area contributed by atoms with Crippen molar-refractivity contribution in [1.82, 2.24) is 10.3 Å². The lowest BCUT2D eigenvalue weighted by Gasteiger charge is -2.22. The van der Waals surface area contributed by atoms with Gasteiger partial charge in [0.2, 0.25) is 5.91 Å². The van der Waals surface area contributed by atoms with Crippen LogP contribution in [0.2, 0.25) is 0 Å². The zero-order chi connectivity index (χ0) is 17.9. The van der Waals surface area contributed by atoms with E-state index in [0.717, 1.165) is 0 Å². The molecule has 0 aliphatic carbocycles. The Hall–Kier alpha value is -1.91. The number of rotatable bonds is 5. The molecule has 2 N–H and O–H groups in total. The largest absolute Gasteiger partial charge is 0.484 e. The van der Waals surface area contributed by atoms with Crippen LogP contribution in [-0.2, 0) is 9.53 Å². The highest BCUT2D eigenvalue weighted by molar-refractivity contribution is 7.22. The number of nitrogens with zero attached hydrogens (tertiary/aromatic N) is 1. The second-order valence-corrected chi connectivity index (χ2v) is 6.56. The quantitative estimate of drug-likeness (QED) is 0.840. The van der Waals surface area contributed by atoms with Crippen LogP contribution < -0.4 is 15.4 Å². The van der Waals surface area contributed by atoms with Crippen molar-refractivity contribution < 1.29 is 27.4 Å². The van der Waals surface area contributed by atoms with Gasteiger partial charge < -0.3 is 20.1 Å². The number of alkyl halides is 3. The predicted octanol–water partition coefficient (Wildman–Crippen LogP) is 2.55. The van der Waals surface area contributed by atoms with Gasteiger partial charge in [0, 0.05) is 19.0 Å². The normalized spacial score (nSPS) is 18.3. The minimum Gasteiger partial charge on any atom is -0.484 e. The molecule has 1 atom stereocenters. The number of hydrogen-bond donors (Lipinski definition) is 2. The van der Waals surface area contributed by atoms with Gasteiger partial charge >= 0.3 is 6.18 Å². The number of fused-ring (bicyclic) bond motifs is 1. The van der Waals surface area contributed by atoms with E-state index in [1.807, 2.05) is 0 Å². The third-order valence-electron chi connectivity index (χ3n) is 3.44. The van der Waals surface area contributed by atoms with E-state index in [9.17, 15) is 18.0 Å². The zero-order valence-electron chi connectivity index (χ0n) is 13.1. The summed E-state index contributed by atoms with van der Waals surface area (Å²) in [6.45, 7) is 0.471. The average molecular weight is 375 g/mol. The van der Waals surface area contributed by atoms with Crippen LogP contribution >= 0.6 is 11.3 Å². The number of thiazole rings is 1. The second-order valence-electron chi connectivity index (χ2n) is 5.53. The third kappa shape index (κ3) is 5.28. The summed E-state index contributed by atoms with van der Waals surface area (Å²) in [6.07, 6.45) is -4.13. The first kappa shape index (κ1) is 17.9. The first-order valence-electron chi connectivity index (χ1n) is 7.60. The van der Waals surface area contributed by atoms with E-state index in [2.05, 4.69) is 15.6 Å². The Labute approximate surface area is 145 Å². The second kappa shape index (κ2) is 7.54. The van der Waals surface area contributed by atoms with E-state index in [1.54, 1.807) is 6.07 Å². The number of ether oxygens (including phenoxy) is 2. The number of amides is 1. The number of carbonyl (C=O) groups is 1. The lowest BCUT2D eigenvalue weighted by molar-refractivity contribution is -0.153. The maximum atomic E-state index is 12.2. The zero-order valence-corrected chi connectivity index (χ0v) is 13.9. The Balaban J connectivity index is 1.61. The molecule has 1 aromatic carbocycles. The van der Waals surface area contributed by atoms with Crippen molar-refractivity contribution in [2.75, 3.05) is 31.7 Å². The van der Waals surface area contributed by atoms with Crippen molar-refractivity contribution in [1.29, 1.82) is 0 Å². The lowest BCUT2D eigenvalue weighted by atomic mass is 10.2. The van der Waals surface area contributed by atoms with Gasteiger partial charge in [0.15, 0.2) is 11.7 Å². The topological polar surface area (TPSA) is 72.5 Å². The number of aromatic nitrogens is 1. The van der Waals surface area contributed by atoms with Crippen molar-refractivity contribution in [2.45, 2.75) is 18.6 Å². The fourth-order valence-electron chi connectivity index (χ4n) is 2.36. The maximum absolute atomic E-state index is 12.2. The minimum absolute atomic E-state index is 0.0366. The summed E-state index contributed by atoms with van der Waals surface area (Å²) in [7, 11) is 0. The van der Waals surface area contributed by atoms with Crippen LogP contribution in [0.1, 0.15) is 6.42 Å². The molecule has 1 aromatic heterocycles. The average Bonchev–Trinajstić information content (AvgIpc) is 2.94. The van der Waals surface area contributed by atoms with Gasteiger partial charge in [-0.3, -0.25) is 4.79 Å². The van der Waals surface area contributed by atoms with Gasteiger partial charge in [-0.15, -0.1) is 0 Å². The summed E-state index contributed by atoms with van der Waals surface area (Å²) in [4.78, 5) is 16.3. The molecule has 1 saturated heterocycles. The van der Waals surface area contributed by atoms with Crippen molar-refractivity contribution >= 4 is 32.6 Å². The molecular formula is C15H16F3N3O3S. The lowest BCUT2D eigenvalue weighted by Crippen LogP contribution is -2.43. The number of carbonyl (C=O) groups excluding carboxylic acids is 1. The molecule has 1 amide bonds. The molecule has 0 radical (unpaired) electrons. The van der Waals surface area contributed by atoms with Gasteiger partial charge in [-0.1, -0.05) is 11.3 Å². The van der Waals surface area contributed by atoms with Crippen LogP contribution in [-0.4, -0.2) is 49.5 Å². The molecule has 0 spiro atoms. The van der Waals surface area contributed by atoms with Crippen LogP contribution in [0.3, 0.4) is 0 Å². The molecule has 3 rings (SSSR count). The predicted molar refractivity (Wildman–Crippen MR) is 87.0 cm³/mol. The Morgan fingerprint density at radius 3 is 3.04 bits per heavy atom. The van der Waals surface area contributed by atoms with E-state index in [1.165, 1.54) is 23.5 Å². The molecule has 10 heteroatoms. The standard InChI is InChI=1S/C15H16F3N3O3S/c16-15(17,18)8-24-10-1-2-11-12(6-10)25-14(20-11)21-13(22)5-9-7-23-4-3-19-9/h1-2,6,9,19H,3-5,7-8H2,(H,20,21,22). The summed E-state index contributed by atoms with van der Waals surface area (Å²) >= 11 is 1.18. The summed E-state index contributed by atoms with van der Waals surface area (Å²) in [5, 5.41) is 6.28. The number of nitrogens with one attached hydrogen (secondary N) is 2. The minimum atomic E-state index is -4.39. The number of halogens is 3. The first-order chi connectivity index (χ1) is 11.9. The van der Waals surface area contributed by atoms with Crippen LogP contribution in [0.4, 0.5) is 18.3 Å². The molecule has 1 fully saturated rings. The number of morpholine rings is 1. The van der Waals surface area contributed by atoms with E-state index in [0.29, 0.717) is 35.1 Å². The van der Waals surface area contributed by atoms with Crippen molar-refractivity contribution in [3.05, 3.63) is 18.2 Å². The van der Waals surface area contributed by atoms with E-state index in [4.69, 9.17) is 9.47 Å². The van der Waals surface area contributed by atoms with Gasteiger partial charge in [-0.25, -0.2) is 4.98 Å². The first-order valence-corrected chi connectivity index (χ1v) is 8.42. The molecular weight excluding hydrogens is 359 g/mol. The molecule has 2 aromatic rings. The monoisotopic (exact) mass is 375 g/mol. The van der Waals surface area contributed by atoms with Crippen LogP contribution in [0.5, 0.6) is 5.75 Å². The number of benzene rings is 1. The van der Waals surface area contributed by atoms with Crippen molar-refractivity contribution in [2.24, 2.45) is 0 Å². The van der Waals surface area contributed by atoms with Crippen LogP contribution in [0, 0.1) is 0 Å². The summed E-state index contributed by atoms with van der Waals surface area (Å²) in [6, 6.07) is 4.42. The maximum Gasteiger partial charge on any atom is 0.422 e. The van der Waals surface area contributed by atoms with Crippen molar-refractivity contribution in [3.8, 4) is 5.75 Å². The number of hydrogen-bond acceptors (Lipinski definition) is 6.